The van der Waals surface area contributed by atoms with Gasteiger partial charge < -0.3 is 26.2 Å². The molecule has 2 aromatic rings. The highest BCUT2D eigenvalue weighted by atomic mass is 19.1. The molecule has 0 saturated carbocycles. The maximum atomic E-state index is 13.9. The summed E-state index contributed by atoms with van der Waals surface area (Å²) in [7, 11) is 3.17. The van der Waals surface area contributed by atoms with E-state index in [0.717, 1.165) is 5.56 Å². The number of hydrogen-bond acceptors (Lipinski definition) is 9. The molecule has 210 valence electrons. The van der Waals surface area contributed by atoms with Crippen molar-refractivity contribution < 1.29 is 39.2 Å². The van der Waals surface area contributed by atoms with E-state index in [-0.39, 0.29) is 29.7 Å². The van der Waals surface area contributed by atoms with E-state index in [2.05, 4.69) is 0 Å². The summed E-state index contributed by atoms with van der Waals surface area (Å²) in [6.07, 6.45) is -0.583. The number of likely N-dealkylation sites (tertiary alicyclic amines) is 1. The van der Waals surface area contributed by atoms with E-state index in [9.17, 15) is 39.2 Å². The molecule has 0 radical (unpaired) electrons. The van der Waals surface area contributed by atoms with Crippen molar-refractivity contribution in [3.05, 3.63) is 63.6 Å². The number of carbonyl (C=O) groups excluding carboxylic acids is 3. The quantitative estimate of drug-likeness (QED) is 0.354. The summed E-state index contributed by atoms with van der Waals surface area (Å²) < 4.78 is 13.3. The van der Waals surface area contributed by atoms with E-state index in [0.29, 0.717) is 36.0 Å². The predicted molar refractivity (Wildman–Crippen MR) is 141 cm³/mol. The number of aliphatic hydroxyl groups is 3. The maximum Gasteiger partial charge on any atom is 0.255 e. The number of hydrogen-bond donors (Lipinski definition) is 5. The predicted octanol–water partition coefficient (Wildman–Crippen LogP) is 1.43. The van der Waals surface area contributed by atoms with Crippen LogP contribution in [0.1, 0.15) is 27.9 Å². The number of primary amides is 1. The molecule has 2 aromatic carbocycles. The Balaban J connectivity index is 1.47. The normalized spacial score (nSPS) is 29.0. The fourth-order valence-electron chi connectivity index (χ4n) is 7.06. The van der Waals surface area contributed by atoms with Crippen LogP contribution in [-0.4, -0.2) is 92.7 Å². The average Bonchev–Trinajstić information content (AvgIpc) is 2.85. The number of halogens is 1. The van der Waals surface area contributed by atoms with Crippen molar-refractivity contribution in [3.8, 4) is 5.75 Å². The molecule has 0 bridgehead atoms. The lowest BCUT2D eigenvalue weighted by molar-refractivity contribution is -0.148. The number of Topliss-reactive ketones (excluding diaryl/α,β-unsaturated/α-hetero) is 2. The summed E-state index contributed by atoms with van der Waals surface area (Å²) >= 11 is 0. The number of rotatable bonds is 4. The molecular formula is C29H30FN3O7. The average molecular weight is 552 g/mol. The van der Waals surface area contributed by atoms with Gasteiger partial charge in [0.15, 0.2) is 11.4 Å². The molecule has 1 aliphatic heterocycles. The lowest BCUT2D eigenvalue weighted by atomic mass is 9.58. The summed E-state index contributed by atoms with van der Waals surface area (Å²) in [5.41, 5.74) is 3.02. The summed E-state index contributed by atoms with van der Waals surface area (Å²) in [6, 6.07) is 6.24. The van der Waals surface area contributed by atoms with Gasteiger partial charge in [0.25, 0.3) is 5.91 Å². The van der Waals surface area contributed by atoms with Crippen molar-refractivity contribution in [1.29, 1.82) is 0 Å². The Labute approximate surface area is 228 Å². The molecule has 3 aliphatic carbocycles. The molecule has 1 fully saturated rings. The van der Waals surface area contributed by atoms with Gasteiger partial charge in [-0.15, -0.1) is 0 Å². The van der Waals surface area contributed by atoms with E-state index in [1.807, 2.05) is 17.0 Å². The van der Waals surface area contributed by atoms with Gasteiger partial charge in [0.05, 0.1) is 11.6 Å². The number of amides is 1. The molecule has 1 saturated heterocycles. The third-order valence-corrected chi connectivity index (χ3v) is 8.91. The first-order valence-electron chi connectivity index (χ1n) is 13.1. The fraction of sp³-hybridized carbons (Fsp3) is 0.414. The van der Waals surface area contributed by atoms with Crippen LogP contribution >= 0.6 is 0 Å². The standard InChI is InChI=1S/C29H30FN3O7/c1-32(2)22-18-8-15-7-14-6-13-4-3-12(9-33-10-16(30)11-33)5-17(13)23(34)19(14)24(35)20(15)26(37)29(18,40)27(38)21(25(22)36)28(31)39/h3-6,15-16,18,22,34,36-37,40H,7-11H2,1-2H3,(H2,31,39)/t15-,18-,22-,29-/m0/s1. The molecule has 0 aromatic heterocycles. The SMILES string of the molecule is CN(C)[C@@H]1C(O)=C(C(N)=O)C(=O)[C@@]2(O)C(O)=C3C(=O)c4c(cc5ccc(CN6CC(F)C6)cc5c4O)C[C@H]3C[C@@H]12. The van der Waals surface area contributed by atoms with Gasteiger partial charge in [-0.1, -0.05) is 18.2 Å². The van der Waals surface area contributed by atoms with Gasteiger partial charge in [-0.05, 0) is 55.4 Å². The van der Waals surface area contributed by atoms with Crippen LogP contribution in [0.4, 0.5) is 4.39 Å². The van der Waals surface area contributed by atoms with Gasteiger partial charge in [0.2, 0.25) is 5.78 Å². The second-order valence-corrected chi connectivity index (χ2v) is 11.6. The zero-order valence-electron chi connectivity index (χ0n) is 22.0. The highest BCUT2D eigenvalue weighted by Gasteiger charge is 2.63. The van der Waals surface area contributed by atoms with Gasteiger partial charge in [-0.2, -0.15) is 0 Å². The number of phenolic OH excluding ortho intramolecular Hbond substituents is 1. The van der Waals surface area contributed by atoms with E-state index in [1.54, 1.807) is 26.2 Å². The maximum absolute atomic E-state index is 13.9. The molecular weight excluding hydrogens is 521 g/mol. The van der Waals surface area contributed by atoms with Gasteiger partial charge >= 0.3 is 0 Å². The highest BCUT2D eigenvalue weighted by molar-refractivity contribution is 6.25. The Bertz CT molecular complexity index is 1570. The third kappa shape index (κ3) is 3.54. The Hall–Kier alpha value is -3.80. The third-order valence-electron chi connectivity index (χ3n) is 8.91. The van der Waals surface area contributed by atoms with E-state index < -0.39 is 64.2 Å². The number of nitrogens with zero attached hydrogens (tertiary/aromatic N) is 2. The van der Waals surface area contributed by atoms with Crippen LogP contribution < -0.4 is 5.73 Å². The Morgan fingerprint density at radius 1 is 1.18 bits per heavy atom. The Morgan fingerprint density at radius 3 is 2.50 bits per heavy atom. The van der Waals surface area contributed by atoms with Crippen LogP contribution in [0.2, 0.25) is 0 Å². The summed E-state index contributed by atoms with van der Waals surface area (Å²) in [5, 5.41) is 46.4. The lowest BCUT2D eigenvalue weighted by Gasteiger charge is -2.50. The first-order valence-corrected chi connectivity index (χ1v) is 13.1. The Kier molecular flexibility index (Phi) is 5.85. The zero-order chi connectivity index (χ0) is 28.8. The fourth-order valence-corrected chi connectivity index (χ4v) is 7.06. The molecule has 4 aliphatic rings. The summed E-state index contributed by atoms with van der Waals surface area (Å²) in [4.78, 5) is 42.8. The van der Waals surface area contributed by atoms with Crippen molar-refractivity contribution in [2.24, 2.45) is 17.6 Å². The molecule has 0 unspecified atom stereocenters. The number of fused-ring (bicyclic) bond motifs is 4. The molecule has 4 atom stereocenters. The first-order chi connectivity index (χ1) is 18.8. The highest BCUT2D eigenvalue weighted by Crippen LogP contribution is 2.52. The van der Waals surface area contributed by atoms with E-state index >= 15 is 0 Å². The van der Waals surface area contributed by atoms with Crippen molar-refractivity contribution in [2.75, 3.05) is 27.2 Å². The minimum Gasteiger partial charge on any atom is -0.510 e. The van der Waals surface area contributed by atoms with Crippen molar-refractivity contribution in [1.82, 2.24) is 9.80 Å². The van der Waals surface area contributed by atoms with Crippen LogP contribution in [0.25, 0.3) is 10.8 Å². The monoisotopic (exact) mass is 551 g/mol. The molecule has 11 heteroatoms. The molecule has 6 rings (SSSR count). The second-order valence-electron chi connectivity index (χ2n) is 11.6. The van der Waals surface area contributed by atoms with Gasteiger partial charge in [-0.25, -0.2) is 4.39 Å². The summed E-state index contributed by atoms with van der Waals surface area (Å²) in [6.45, 7) is 1.16. The van der Waals surface area contributed by atoms with Crippen LogP contribution in [0.3, 0.4) is 0 Å². The van der Waals surface area contributed by atoms with Crippen LogP contribution in [0, 0.1) is 11.8 Å². The number of phenols is 1. The first kappa shape index (κ1) is 26.4. The van der Waals surface area contributed by atoms with Crippen molar-refractivity contribution in [2.45, 2.75) is 37.2 Å². The Morgan fingerprint density at radius 2 is 1.88 bits per heavy atom. The number of benzene rings is 2. The number of aliphatic hydroxyl groups excluding tert-OH is 2. The van der Waals surface area contributed by atoms with E-state index in [1.165, 1.54) is 4.90 Å². The number of likely N-dealkylation sites (N-methyl/N-ethyl adjacent to an activating group) is 1. The molecule has 6 N–H and O–H groups in total. The summed E-state index contributed by atoms with van der Waals surface area (Å²) in [5.74, 6) is -6.72. The number of allylic oxidation sites excluding steroid dienone is 1. The second kappa shape index (κ2) is 8.85. The van der Waals surface area contributed by atoms with Gasteiger partial charge in [-0.3, -0.25) is 24.2 Å². The number of aromatic hydroxyl groups is 1. The van der Waals surface area contributed by atoms with Gasteiger partial charge in [0.1, 0.15) is 29.0 Å². The minimum absolute atomic E-state index is 0.0294. The number of nitrogens with two attached hydrogens (primary N) is 1. The van der Waals surface area contributed by atoms with Crippen molar-refractivity contribution >= 4 is 28.2 Å². The zero-order valence-corrected chi connectivity index (χ0v) is 22.0. The lowest BCUT2D eigenvalue weighted by Crippen LogP contribution is -2.63. The largest absolute Gasteiger partial charge is 0.510 e. The van der Waals surface area contributed by atoms with E-state index in [4.69, 9.17) is 5.73 Å². The number of carbonyl (C=O) groups is 3. The molecule has 1 amide bonds. The van der Waals surface area contributed by atoms with Crippen molar-refractivity contribution in [3.63, 3.8) is 0 Å². The minimum atomic E-state index is -2.67. The number of ketones is 2. The molecule has 1 heterocycles. The number of alkyl halides is 1. The van der Waals surface area contributed by atoms with Crippen LogP contribution in [0.15, 0.2) is 46.9 Å². The molecule has 40 heavy (non-hydrogen) atoms. The smallest absolute Gasteiger partial charge is 0.255 e. The topological polar surface area (TPSA) is 165 Å². The van der Waals surface area contributed by atoms with Gasteiger partial charge in [0, 0.05) is 36.5 Å². The van der Waals surface area contributed by atoms with Crippen LogP contribution in [-0.2, 0) is 22.6 Å². The van der Waals surface area contributed by atoms with Crippen LogP contribution in [0.5, 0.6) is 5.75 Å². The molecule has 0 spiro atoms. The molecule has 10 nitrogen and oxygen atoms in total.